The standard InChI is InChI=1S/3C20H19NO.2C2H6/c1-21(18-10-4-3-5-11-18)19-12-6-8-16(14-19)17-9-7-13-20(15-17)22-2;1-21(18-8-4-3-5-9-18)19-10-6-7-17(15-19)16-11-13-20(22-2)14-12-16;1-21(19-12-14-20(22-2)15-13-19)18-10-8-17(9-11-18)16-6-4-3-5-7-16;2*1-2/h3*3-15H,1-2H3;2*1-2H3. The maximum absolute atomic E-state index is 5.31. The van der Waals surface area contributed by atoms with E-state index in [0.717, 1.165) is 39.9 Å². The van der Waals surface area contributed by atoms with E-state index in [4.69, 9.17) is 14.2 Å². The Morgan fingerprint density at radius 3 is 0.943 bits per heavy atom. The van der Waals surface area contributed by atoms with E-state index in [2.05, 4.69) is 218 Å². The predicted molar refractivity (Wildman–Crippen MR) is 302 cm³/mol. The van der Waals surface area contributed by atoms with E-state index in [1.54, 1.807) is 21.3 Å². The molecule has 0 bridgehead atoms. The number of anilines is 6. The van der Waals surface area contributed by atoms with Gasteiger partial charge >= 0.3 is 0 Å². The van der Waals surface area contributed by atoms with Crippen LogP contribution < -0.4 is 28.9 Å². The second-order valence-corrected chi connectivity index (χ2v) is 15.5. The molecule has 0 atom stereocenters. The van der Waals surface area contributed by atoms with Crippen molar-refractivity contribution in [3.05, 3.63) is 237 Å². The molecule has 0 saturated carbocycles. The van der Waals surface area contributed by atoms with Gasteiger partial charge in [-0.15, -0.1) is 0 Å². The zero-order valence-corrected chi connectivity index (χ0v) is 42.6. The highest BCUT2D eigenvalue weighted by Crippen LogP contribution is 2.32. The van der Waals surface area contributed by atoms with Gasteiger partial charge in [0.25, 0.3) is 0 Å². The average molecular weight is 928 g/mol. The van der Waals surface area contributed by atoms with E-state index in [-0.39, 0.29) is 0 Å². The number of para-hydroxylation sites is 2. The third-order valence-electron chi connectivity index (χ3n) is 11.4. The van der Waals surface area contributed by atoms with Gasteiger partial charge in [0.1, 0.15) is 17.2 Å². The zero-order valence-electron chi connectivity index (χ0n) is 42.6. The summed E-state index contributed by atoms with van der Waals surface area (Å²) >= 11 is 0. The van der Waals surface area contributed by atoms with E-state index in [9.17, 15) is 0 Å². The summed E-state index contributed by atoms with van der Waals surface area (Å²) < 4.78 is 15.7. The Morgan fingerprint density at radius 2 is 0.500 bits per heavy atom. The van der Waals surface area contributed by atoms with Crippen molar-refractivity contribution < 1.29 is 14.2 Å². The van der Waals surface area contributed by atoms with Gasteiger partial charge in [-0.2, -0.15) is 0 Å². The summed E-state index contributed by atoms with van der Waals surface area (Å²) in [4.78, 5) is 6.53. The van der Waals surface area contributed by atoms with Gasteiger partial charge in [-0.3, -0.25) is 0 Å². The van der Waals surface area contributed by atoms with Crippen LogP contribution in [0.25, 0.3) is 33.4 Å². The molecule has 0 saturated heterocycles. The van der Waals surface area contributed by atoms with Gasteiger partial charge in [0, 0.05) is 55.3 Å². The largest absolute Gasteiger partial charge is 0.497 e. The zero-order chi connectivity index (χ0) is 50.1. The lowest BCUT2D eigenvalue weighted by Gasteiger charge is -2.20. The van der Waals surface area contributed by atoms with Gasteiger partial charge in [0.2, 0.25) is 0 Å². The Labute approximate surface area is 418 Å². The van der Waals surface area contributed by atoms with E-state index in [1.165, 1.54) is 44.9 Å². The van der Waals surface area contributed by atoms with Crippen molar-refractivity contribution in [2.75, 3.05) is 57.2 Å². The molecular formula is C64H69N3O3. The molecule has 0 spiro atoms. The second-order valence-electron chi connectivity index (χ2n) is 15.5. The van der Waals surface area contributed by atoms with Crippen molar-refractivity contribution in [2.45, 2.75) is 27.7 Å². The number of benzene rings is 9. The van der Waals surface area contributed by atoms with E-state index in [0.29, 0.717) is 0 Å². The Bertz CT molecular complexity index is 2840. The quantitative estimate of drug-likeness (QED) is 0.122. The van der Waals surface area contributed by atoms with E-state index >= 15 is 0 Å². The van der Waals surface area contributed by atoms with Crippen LogP contribution in [-0.4, -0.2) is 42.5 Å². The van der Waals surface area contributed by atoms with Crippen LogP contribution in [0.4, 0.5) is 34.1 Å². The summed E-state index contributed by atoms with van der Waals surface area (Å²) in [6, 6.07) is 81.2. The normalized spacial score (nSPS) is 9.86. The molecule has 9 aromatic carbocycles. The molecule has 358 valence electrons. The highest BCUT2D eigenvalue weighted by atomic mass is 16.5. The Balaban J connectivity index is 0.000000189. The van der Waals surface area contributed by atoms with Crippen LogP contribution in [0.2, 0.25) is 0 Å². The van der Waals surface area contributed by atoms with Crippen LogP contribution in [0, 0.1) is 0 Å². The highest BCUT2D eigenvalue weighted by molar-refractivity contribution is 5.74. The summed E-state index contributed by atoms with van der Waals surface area (Å²) in [5, 5.41) is 0. The summed E-state index contributed by atoms with van der Waals surface area (Å²) in [7, 11) is 11.3. The minimum Gasteiger partial charge on any atom is -0.497 e. The Kier molecular flexibility index (Phi) is 21.2. The molecule has 0 fully saturated rings. The van der Waals surface area contributed by atoms with Gasteiger partial charge in [0.05, 0.1) is 21.3 Å². The van der Waals surface area contributed by atoms with Crippen LogP contribution in [-0.2, 0) is 0 Å². The lowest BCUT2D eigenvalue weighted by Crippen LogP contribution is -2.08. The molecule has 9 rings (SSSR count). The second kappa shape index (κ2) is 28.2. The predicted octanol–water partition coefficient (Wildman–Crippen LogP) is 17.4. The maximum atomic E-state index is 5.31. The Hall–Kier alpha value is -8.22. The third kappa shape index (κ3) is 14.9. The van der Waals surface area contributed by atoms with Gasteiger partial charge in [-0.1, -0.05) is 155 Å². The molecule has 0 aliphatic carbocycles. The molecule has 6 heteroatoms. The lowest BCUT2D eigenvalue weighted by molar-refractivity contribution is 0.414. The molecule has 0 N–H and O–H groups in total. The van der Waals surface area contributed by atoms with Gasteiger partial charge in [-0.05, 0) is 143 Å². The van der Waals surface area contributed by atoms with Crippen LogP contribution in [0.15, 0.2) is 237 Å². The number of hydrogen-bond donors (Lipinski definition) is 0. The number of ether oxygens (including phenoxy) is 3. The van der Waals surface area contributed by atoms with Crippen LogP contribution in [0.3, 0.4) is 0 Å². The van der Waals surface area contributed by atoms with Crippen LogP contribution in [0.1, 0.15) is 27.7 Å². The molecule has 9 aromatic rings. The fourth-order valence-corrected chi connectivity index (χ4v) is 7.44. The monoisotopic (exact) mass is 928 g/mol. The number of rotatable bonds is 12. The summed E-state index contributed by atoms with van der Waals surface area (Å²) in [6.07, 6.45) is 0. The molecule has 0 amide bonds. The topological polar surface area (TPSA) is 37.4 Å². The van der Waals surface area contributed by atoms with Crippen LogP contribution in [0.5, 0.6) is 17.2 Å². The molecule has 0 aliphatic rings. The summed E-state index contributed by atoms with van der Waals surface area (Å²) in [6.45, 7) is 8.00. The molecule has 0 unspecified atom stereocenters. The molecule has 6 nitrogen and oxygen atoms in total. The first-order chi connectivity index (χ1) is 34.3. The van der Waals surface area contributed by atoms with E-state index in [1.807, 2.05) is 82.3 Å². The fraction of sp³-hybridized carbons (Fsp3) is 0.156. The SMILES string of the molecule is CC.CC.COc1ccc(-c2cccc(N(C)c3ccccc3)c2)cc1.COc1ccc(N(C)c2ccc(-c3ccccc3)cc2)cc1.COc1cccc(-c2cccc(N(C)c3ccccc3)c2)c1. The molecule has 70 heavy (non-hydrogen) atoms. The molecule has 0 heterocycles. The number of methoxy groups -OCH3 is 3. The molecular weight excluding hydrogens is 859 g/mol. The maximum Gasteiger partial charge on any atom is 0.119 e. The van der Waals surface area contributed by atoms with Crippen molar-refractivity contribution in [3.63, 3.8) is 0 Å². The van der Waals surface area contributed by atoms with Crippen LogP contribution >= 0.6 is 0 Å². The fourth-order valence-electron chi connectivity index (χ4n) is 7.44. The van der Waals surface area contributed by atoms with Crippen molar-refractivity contribution >= 4 is 34.1 Å². The lowest BCUT2D eigenvalue weighted by atomic mass is 10.0. The molecule has 0 aromatic heterocycles. The smallest absolute Gasteiger partial charge is 0.119 e. The van der Waals surface area contributed by atoms with E-state index < -0.39 is 0 Å². The number of hydrogen-bond acceptors (Lipinski definition) is 6. The number of nitrogens with zero attached hydrogens (tertiary/aromatic N) is 3. The van der Waals surface area contributed by atoms with Crippen molar-refractivity contribution in [1.82, 2.24) is 0 Å². The minimum atomic E-state index is 0.872. The van der Waals surface area contributed by atoms with Crippen molar-refractivity contribution in [1.29, 1.82) is 0 Å². The summed E-state index contributed by atoms with van der Waals surface area (Å²) in [5.41, 5.74) is 14.1. The van der Waals surface area contributed by atoms with Gasteiger partial charge in [0.15, 0.2) is 0 Å². The van der Waals surface area contributed by atoms with Gasteiger partial charge in [-0.25, -0.2) is 0 Å². The molecule has 0 aliphatic heterocycles. The minimum absolute atomic E-state index is 0.872. The summed E-state index contributed by atoms with van der Waals surface area (Å²) in [5.74, 6) is 2.62. The molecule has 0 radical (unpaired) electrons. The highest BCUT2D eigenvalue weighted by Gasteiger charge is 2.09. The Morgan fingerprint density at radius 1 is 0.229 bits per heavy atom. The third-order valence-corrected chi connectivity index (χ3v) is 11.4. The average Bonchev–Trinajstić information content (AvgIpc) is 3.46. The first-order valence-electron chi connectivity index (χ1n) is 23.9. The van der Waals surface area contributed by atoms with Gasteiger partial charge < -0.3 is 28.9 Å². The van der Waals surface area contributed by atoms with Crippen molar-refractivity contribution in [3.8, 4) is 50.6 Å². The first-order valence-corrected chi connectivity index (χ1v) is 23.9. The van der Waals surface area contributed by atoms with Crippen molar-refractivity contribution in [2.24, 2.45) is 0 Å². The first kappa shape index (κ1) is 52.7.